The SMILES string of the molecule is CCC[C@@H](C)OC(=O)C[C@@H](c1ccccc1)N1CCCCC1. The number of carbonyl (C=O) groups excluding carboxylic acids is 1. The average molecular weight is 303 g/mol. The first-order chi connectivity index (χ1) is 10.7. The fraction of sp³-hybridized carbons (Fsp3) is 0.632. The molecule has 1 fully saturated rings. The van der Waals surface area contributed by atoms with Gasteiger partial charge in [-0.3, -0.25) is 9.69 Å². The third-order valence-electron chi connectivity index (χ3n) is 4.40. The first kappa shape index (κ1) is 17.0. The minimum atomic E-state index is -0.0691. The second-order valence-electron chi connectivity index (χ2n) is 6.32. The van der Waals surface area contributed by atoms with Crippen molar-refractivity contribution in [3.63, 3.8) is 0 Å². The topological polar surface area (TPSA) is 29.5 Å². The van der Waals surface area contributed by atoms with Crippen molar-refractivity contribution in [1.82, 2.24) is 4.90 Å². The molecule has 0 N–H and O–H groups in total. The van der Waals surface area contributed by atoms with Gasteiger partial charge in [-0.2, -0.15) is 0 Å². The van der Waals surface area contributed by atoms with Crippen LogP contribution < -0.4 is 0 Å². The van der Waals surface area contributed by atoms with Gasteiger partial charge in [-0.05, 0) is 44.8 Å². The molecule has 0 aliphatic carbocycles. The number of rotatable bonds is 7. The van der Waals surface area contributed by atoms with E-state index in [9.17, 15) is 4.79 Å². The predicted octanol–water partition coefficient (Wildman–Crippen LogP) is 4.34. The number of likely N-dealkylation sites (tertiary alicyclic amines) is 1. The fourth-order valence-electron chi connectivity index (χ4n) is 3.26. The molecule has 1 saturated heterocycles. The summed E-state index contributed by atoms with van der Waals surface area (Å²) in [5.41, 5.74) is 1.23. The number of benzene rings is 1. The minimum absolute atomic E-state index is 0.0234. The Morgan fingerprint density at radius 2 is 1.86 bits per heavy atom. The summed E-state index contributed by atoms with van der Waals surface area (Å²) in [6.07, 6.45) is 6.22. The van der Waals surface area contributed by atoms with Crippen LogP contribution in [-0.4, -0.2) is 30.1 Å². The average Bonchev–Trinajstić information content (AvgIpc) is 2.54. The molecule has 2 atom stereocenters. The third-order valence-corrected chi connectivity index (χ3v) is 4.40. The van der Waals surface area contributed by atoms with Crippen LogP contribution in [0.2, 0.25) is 0 Å². The van der Waals surface area contributed by atoms with Gasteiger partial charge in [0.25, 0.3) is 0 Å². The van der Waals surface area contributed by atoms with E-state index in [1.54, 1.807) is 0 Å². The van der Waals surface area contributed by atoms with E-state index in [4.69, 9.17) is 4.74 Å². The van der Waals surface area contributed by atoms with Crippen LogP contribution in [0.3, 0.4) is 0 Å². The van der Waals surface area contributed by atoms with Gasteiger partial charge in [0.1, 0.15) is 0 Å². The quantitative estimate of drug-likeness (QED) is 0.702. The molecule has 0 saturated carbocycles. The van der Waals surface area contributed by atoms with Crippen LogP contribution in [0.15, 0.2) is 30.3 Å². The van der Waals surface area contributed by atoms with Crippen molar-refractivity contribution >= 4 is 5.97 Å². The van der Waals surface area contributed by atoms with Crippen molar-refractivity contribution in [2.75, 3.05) is 13.1 Å². The van der Waals surface area contributed by atoms with Gasteiger partial charge in [0.05, 0.1) is 12.5 Å². The normalized spacial score (nSPS) is 18.6. The Morgan fingerprint density at radius 3 is 2.50 bits per heavy atom. The van der Waals surface area contributed by atoms with Gasteiger partial charge in [-0.15, -0.1) is 0 Å². The highest BCUT2D eigenvalue weighted by atomic mass is 16.5. The van der Waals surface area contributed by atoms with Crippen molar-refractivity contribution in [2.24, 2.45) is 0 Å². The van der Waals surface area contributed by atoms with Crippen molar-refractivity contribution < 1.29 is 9.53 Å². The lowest BCUT2D eigenvalue weighted by Gasteiger charge is -2.34. The van der Waals surface area contributed by atoms with E-state index in [1.807, 2.05) is 13.0 Å². The van der Waals surface area contributed by atoms with Crippen LogP contribution >= 0.6 is 0 Å². The molecule has 1 aromatic carbocycles. The van der Waals surface area contributed by atoms with Gasteiger partial charge in [0.2, 0.25) is 0 Å². The maximum absolute atomic E-state index is 12.3. The minimum Gasteiger partial charge on any atom is -0.463 e. The highest BCUT2D eigenvalue weighted by molar-refractivity contribution is 5.70. The van der Waals surface area contributed by atoms with Crippen molar-refractivity contribution in [2.45, 2.75) is 64.5 Å². The summed E-state index contributed by atoms with van der Waals surface area (Å²) in [6, 6.07) is 10.5. The number of ether oxygens (including phenoxy) is 1. The van der Waals surface area contributed by atoms with E-state index in [0.717, 1.165) is 25.9 Å². The molecule has 22 heavy (non-hydrogen) atoms. The van der Waals surface area contributed by atoms with E-state index < -0.39 is 0 Å². The second-order valence-corrected chi connectivity index (χ2v) is 6.32. The van der Waals surface area contributed by atoms with E-state index >= 15 is 0 Å². The van der Waals surface area contributed by atoms with Crippen LogP contribution in [0.4, 0.5) is 0 Å². The molecule has 3 heteroatoms. The Kier molecular flexibility index (Phi) is 6.91. The van der Waals surface area contributed by atoms with Gasteiger partial charge in [-0.1, -0.05) is 50.1 Å². The number of carbonyl (C=O) groups is 1. The first-order valence-electron chi connectivity index (χ1n) is 8.69. The number of piperidine rings is 1. The summed E-state index contributed by atoms with van der Waals surface area (Å²) in [5.74, 6) is -0.0691. The summed E-state index contributed by atoms with van der Waals surface area (Å²) in [5, 5.41) is 0. The highest BCUT2D eigenvalue weighted by Gasteiger charge is 2.25. The largest absolute Gasteiger partial charge is 0.463 e. The monoisotopic (exact) mass is 303 g/mol. The zero-order valence-corrected chi connectivity index (χ0v) is 14.0. The first-order valence-corrected chi connectivity index (χ1v) is 8.69. The van der Waals surface area contributed by atoms with E-state index in [-0.39, 0.29) is 18.1 Å². The summed E-state index contributed by atoms with van der Waals surface area (Å²) >= 11 is 0. The van der Waals surface area contributed by atoms with Crippen LogP contribution in [-0.2, 0) is 9.53 Å². The lowest BCUT2D eigenvalue weighted by molar-refractivity contribution is -0.150. The Labute approximate surface area is 134 Å². The molecule has 0 radical (unpaired) electrons. The molecule has 3 nitrogen and oxygen atoms in total. The summed E-state index contributed by atoms with van der Waals surface area (Å²) in [4.78, 5) is 14.8. The van der Waals surface area contributed by atoms with Crippen molar-refractivity contribution in [3.8, 4) is 0 Å². The van der Waals surface area contributed by atoms with Gasteiger partial charge in [0, 0.05) is 6.04 Å². The van der Waals surface area contributed by atoms with E-state index in [2.05, 4.69) is 36.1 Å². The van der Waals surface area contributed by atoms with Crippen molar-refractivity contribution in [1.29, 1.82) is 0 Å². The molecule has 0 spiro atoms. The Balaban J connectivity index is 2.02. The highest BCUT2D eigenvalue weighted by Crippen LogP contribution is 2.28. The van der Waals surface area contributed by atoms with Crippen LogP contribution in [0.25, 0.3) is 0 Å². The maximum atomic E-state index is 12.3. The molecule has 1 aliphatic rings. The summed E-state index contributed by atoms with van der Waals surface area (Å²) < 4.78 is 5.57. The van der Waals surface area contributed by atoms with Gasteiger partial charge < -0.3 is 4.74 Å². The zero-order chi connectivity index (χ0) is 15.8. The molecule has 1 aliphatic heterocycles. The summed E-state index contributed by atoms with van der Waals surface area (Å²) in [7, 11) is 0. The van der Waals surface area contributed by atoms with Gasteiger partial charge in [0.15, 0.2) is 0 Å². The van der Waals surface area contributed by atoms with Crippen LogP contribution in [0.5, 0.6) is 0 Å². The fourth-order valence-corrected chi connectivity index (χ4v) is 3.26. The Bertz CT molecular complexity index is 440. The lowest BCUT2D eigenvalue weighted by Crippen LogP contribution is -2.35. The number of esters is 1. The third kappa shape index (κ3) is 5.13. The molecule has 0 amide bonds. The number of hydrogen-bond donors (Lipinski definition) is 0. The second kappa shape index (κ2) is 8.94. The smallest absolute Gasteiger partial charge is 0.307 e. The molecule has 1 aromatic rings. The van der Waals surface area contributed by atoms with Crippen molar-refractivity contribution in [3.05, 3.63) is 35.9 Å². The molecule has 0 unspecified atom stereocenters. The number of hydrogen-bond acceptors (Lipinski definition) is 3. The predicted molar refractivity (Wildman–Crippen MR) is 89.7 cm³/mol. The zero-order valence-electron chi connectivity index (χ0n) is 14.0. The van der Waals surface area contributed by atoms with Gasteiger partial charge >= 0.3 is 5.97 Å². The molecule has 0 bridgehead atoms. The van der Waals surface area contributed by atoms with E-state index in [1.165, 1.54) is 24.8 Å². The molecule has 2 rings (SSSR count). The lowest BCUT2D eigenvalue weighted by atomic mass is 9.99. The van der Waals surface area contributed by atoms with Gasteiger partial charge in [-0.25, -0.2) is 0 Å². The molecular formula is C19H29NO2. The standard InChI is InChI=1S/C19H29NO2/c1-3-10-16(2)22-19(21)15-18(17-11-6-4-7-12-17)20-13-8-5-9-14-20/h4,6-7,11-12,16,18H,3,5,8-10,13-15H2,1-2H3/t16-,18+/m1/s1. The molecule has 0 aromatic heterocycles. The molecule has 1 heterocycles. The van der Waals surface area contributed by atoms with Crippen LogP contribution in [0.1, 0.15) is 64.0 Å². The van der Waals surface area contributed by atoms with E-state index in [0.29, 0.717) is 6.42 Å². The maximum Gasteiger partial charge on any atom is 0.307 e. The molecule has 122 valence electrons. The number of nitrogens with zero attached hydrogens (tertiary/aromatic N) is 1. The summed E-state index contributed by atoms with van der Waals surface area (Å²) in [6.45, 7) is 6.26. The Hall–Kier alpha value is -1.35. The Morgan fingerprint density at radius 1 is 1.18 bits per heavy atom. The molecular weight excluding hydrogens is 274 g/mol. The van der Waals surface area contributed by atoms with Crippen LogP contribution in [0, 0.1) is 0 Å².